The minimum Gasteiger partial charge on any atom is -0.481 e. The Morgan fingerprint density at radius 3 is 2.52 bits per heavy atom. The van der Waals surface area contributed by atoms with Crippen LogP contribution in [0, 0.1) is 23.2 Å². The number of amides is 2. The fraction of sp³-hybridized carbons (Fsp3) is 0.625. The summed E-state index contributed by atoms with van der Waals surface area (Å²) in [5, 5.41) is 12.9. The molecule has 5 atom stereocenters. The topological polar surface area (TPSA) is 95.9 Å². The number of likely N-dealkylation sites (tertiary alicyclic amines) is 1. The van der Waals surface area contributed by atoms with Crippen LogP contribution in [0.2, 0.25) is 0 Å². The molecule has 7 nitrogen and oxygen atoms in total. The number of carboxylic acid groups (broad SMARTS) is 1. The smallest absolute Gasteiger partial charge is 0.410 e. The van der Waals surface area contributed by atoms with E-state index < -0.39 is 29.6 Å². The summed E-state index contributed by atoms with van der Waals surface area (Å²) in [6, 6.07) is 8.79. The van der Waals surface area contributed by atoms with Crippen molar-refractivity contribution in [2.75, 3.05) is 6.54 Å². The number of fused-ring (bicyclic) bond motifs is 2. The molecule has 4 aliphatic rings. The van der Waals surface area contributed by atoms with E-state index >= 15 is 0 Å². The van der Waals surface area contributed by atoms with Crippen molar-refractivity contribution < 1.29 is 24.2 Å². The summed E-state index contributed by atoms with van der Waals surface area (Å²) in [6.07, 6.45) is 2.27. The molecular formula is C24H32N2O5. The number of carboxylic acids is 1. The maximum atomic E-state index is 13.3. The molecule has 2 bridgehead atoms. The second-order valence-corrected chi connectivity index (χ2v) is 10.1. The van der Waals surface area contributed by atoms with Gasteiger partial charge in [0.25, 0.3) is 0 Å². The standard InChI is InChI=1S/C24H32N2O5/c1-23(2)16-12-17(21(28)29)24(3,19(23)13-16)25-20(27)18-10-7-11-26(18)22(30)31-14-15-8-5-4-6-9-15/h4-6,8-9,16-19H,7,10-14H2,1-3H3,(H,25,27)(H,28,29)/t16-,17+,18+,19+,24-/m1/s1. The normalized spacial score (nSPS) is 33.3. The molecule has 1 aliphatic heterocycles. The zero-order valence-corrected chi connectivity index (χ0v) is 18.5. The SMILES string of the molecule is CC1(C)[C@@H]2C[C@@H](C(=O)O)[C@@](C)(NC(=O)[C@@H]3CCCN3C(=O)OCc3ccccc3)[C@H]1C2. The predicted molar refractivity (Wildman–Crippen MR) is 114 cm³/mol. The van der Waals surface area contributed by atoms with Crippen LogP contribution in [0.3, 0.4) is 0 Å². The summed E-state index contributed by atoms with van der Waals surface area (Å²) in [6.45, 7) is 6.81. The average molecular weight is 429 g/mol. The van der Waals surface area contributed by atoms with Gasteiger partial charge in [-0.15, -0.1) is 0 Å². The van der Waals surface area contributed by atoms with E-state index in [1.54, 1.807) is 0 Å². The van der Waals surface area contributed by atoms with Gasteiger partial charge in [-0.05, 0) is 55.4 Å². The average Bonchev–Trinajstić information content (AvgIpc) is 3.22. The number of carbonyl (C=O) groups excluding carboxylic acids is 2. The van der Waals surface area contributed by atoms with Gasteiger partial charge >= 0.3 is 12.1 Å². The van der Waals surface area contributed by atoms with Crippen LogP contribution >= 0.6 is 0 Å². The van der Waals surface area contributed by atoms with Crippen molar-refractivity contribution >= 4 is 18.0 Å². The lowest BCUT2D eigenvalue weighted by atomic mass is 9.41. The lowest BCUT2D eigenvalue weighted by Gasteiger charge is -2.66. The van der Waals surface area contributed by atoms with Crippen LogP contribution in [-0.2, 0) is 20.9 Å². The van der Waals surface area contributed by atoms with Gasteiger partial charge in [0.05, 0.1) is 11.5 Å². The predicted octanol–water partition coefficient (Wildman–Crippen LogP) is 3.43. The number of nitrogens with zero attached hydrogens (tertiary/aromatic N) is 1. The maximum absolute atomic E-state index is 13.3. The van der Waals surface area contributed by atoms with Crippen LogP contribution in [0.25, 0.3) is 0 Å². The second kappa shape index (κ2) is 7.84. The van der Waals surface area contributed by atoms with Crippen LogP contribution in [0.4, 0.5) is 4.79 Å². The van der Waals surface area contributed by atoms with Crippen molar-refractivity contribution in [2.45, 2.75) is 64.6 Å². The van der Waals surface area contributed by atoms with Gasteiger partial charge in [0.2, 0.25) is 5.91 Å². The highest BCUT2D eigenvalue weighted by Crippen LogP contribution is 2.64. The summed E-state index contributed by atoms with van der Waals surface area (Å²) in [7, 11) is 0. The first kappa shape index (κ1) is 21.7. The molecule has 1 saturated heterocycles. The molecule has 7 heteroatoms. The fourth-order valence-electron chi connectivity index (χ4n) is 6.15. The van der Waals surface area contributed by atoms with E-state index in [9.17, 15) is 19.5 Å². The van der Waals surface area contributed by atoms with Gasteiger partial charge in [0, 0.05) is 6.54 Å². The van der Waals surface area contributed by atoms with E-state index in [0.29, 0.717) is 31.7 Å². The molecule has 5 rings (SSSR count). The molecule has 3 aliphatic carbocycles. The molecular weight excluding hydrogens is 396 g/mol. The largest absolute Gasteiger partial charge is 0.481 e. The van der Waals surface area contributed by atoms with Crippen LogP contribution < -0.4 is 5.32 Å². The second-order valence-electron chi connectivity index (χ2n) is 10.1. The van der Waals surface area contributed by atoms with Crippen molar-refractivity contribution in [3.05, 3.63) is 35.9 Å². The summed E-state index contributed by atoms with van der Waals surface area (Å²) < 4.78 is 5.44. The maximum Gasteiger partial charge on any atom is 0.410 e. The molecule has 0 aromatic heterocycles. The van der Waals surface area contributed by atoms with E-state index in [1.807, 2.05) is 37.3 Å². The van der Waals surface area contributed by atoms with E-state index in [1.165, 1.54) is 4.90 Å². The van der Waals surface area contributed by atoms with Crippen LogP contribution in [0.15, 0.2) is 30.3 Å². The minimum atomic E-state index is -0.862. The number of carbonyl (C=O) groups is 3. The monoisotopic (exact) mass is 428 g/mol. The van der Waals surface area contributed by atoms with Crippen LogP contribution in [0.1, 0.15) is 52.0 Å². The van der Waals surface area contributed by atoms with Gasteiger partial charge in [-0.3, -0.25) is 14.5 Å². The molecule has 0 spiro atoms. The summed E-state index contributed by atoms with van der Waals surface area (Å²) >= 11 is 0. The highest BCUT2D eigenvalue weighted by atomic mass is 16.6. The Morgan fingerprint density at radius 1 is 1.16 bits per heavy atom. The van der Waals surface area contributed by atoms with Crippen molar-refractivity contribution in [3.63, 3.8) is 0 Å². The molecule has 0 unspecified atom stereocenters. The summed E-state index contributed by atoms with van der Waals surface area (Å²) in [5.41, 5.74) is 0.0539. The number of benzene rings is 1. The number of rotatable bonds is 5. The third kappa shape index (κ3) is 3.68. The Hall–Kier alpha value is -2.57. The van der Waals surface area contributed by atoms with E-state index in [0.717, 1.165) is 12.0 Å². The highest BCUT2D eigenvalue weighted by Gasteiger charge is 2.65. The van der Waals surface area contributed by atoms with Gasteiger partial charge in [0.1, 0.15) is 12.6 Å². The molecule has 31 heavy (non-hydrogen) atoms. The number of aliphatic carboxylic acids is 1. The highest BCUT2D eigenvalue weighted by molar-refractivity contribution is 5.87. The zero-order chi connectivity index (χ0) is 22.4. The first-order valence-electron chi connectivity index (χ1n) is 11.2. The molecule has 1 heterocycles. The number of nitrogens with one attached hydrogen (secondary N) is 1. The molecule has 2 amide bonds. The fourth-order valence-corrected chi connectivity index (χ4v) is 6.15. The zero-order valence-electron chi connectivity index (χ0n) is 18.5. The van der Waals surface area contributed by atoms with Gasteiger partial charge in [-0.25, -0.2) is 4.79 Å². The minimum absolute atomic E-state index is 0.00203. The van der Waals surface area contributed by atoms with Gasteiger partial charge in [-0.1, -0.05) is 44.2 Å². The lowest BCUT2D eigenvalue weighted by molar-refractivity contribution is -0.181. The van der Waals surface area contributed by atoms with E-state index in [-0.39, 0.29) is 23.8 Å². The molecule has 2 N–H and O–H groups in total. The third-order valence-corrected chi connectivity index (χ3v) is 8.12. The number of hydrogen-bond acceptors (Lipinski definition) is 4. The van der Waals surface area contributed by atoms with Crippen molar-refractivity contribution in [3.8, 4) is 0 Å². The number of hydrogen-bond donors (Lipinski definition) is 2. The Morgan fingerprint density at radius 2 is 1.87 bits per heavy atom. The van der Waals surface area contributed by atoms with Gasteiger partial charge < -0.3 is 15.2 Å². The van der Waals surface area contributed by atoms with Gasteiger partial charge in [0.15, 0.2) is 0 Å². The van der Waals surface area contributed by atoms with E-state index in [4.69, 9.17) is 4.74 Å². The first-order chi connectivity index (χ1) is 14.6. The Bertz CT molecular complexity index is 870. The van der Waals surface area contributed by atoms with Crippen molar-refractivity contribution in [1.82, 2.24) is 10.2 Å². The summed E-state index contributed by atoms with van der Waals surface area (Å²) in [4.78, 5) is 39.5. The van der Waals surface area contributed by atoms with Crippen LogP contribution in [-0.4, -0.2) is 46.1 Å². The number of ether oxygens (including phenoxy) is 1. The molecule has 3 saturated carbocycles. The van der Waals surface area contributed by atoms with Crippen molar-refractivity contribution in [1.29, 1.82) is 0 Å². The molecule has 168 valence electrons. The molecule has 1 aromatic carbocycles. The Balaban J connectivity index is 1.45. The molecule has 0 radical (unpaired) electrons. The van der Waals surface area contributed by atoms with Crippen LogP contribution in [0.5, 0.6) is 0 Å². The Labute approximate surface area is 183 Å². The van der Waals surface area contributed by atoms with Crippen molar-refractivity contribution in [2.24, 2.45) is 23.2 Å². The summed E-state index contributed by atoms with van der Waals surface area (Å²) in [5.74, 6) is -1.28. The van der Waals surface area contributed by atoms with Gasteiger partial charge in [-0.2, -0.15) is 0 Å². The third-order valence-electron chi connectivity index (χ3n) is 8.12. The lowest BCUT2D eigenvalue weighted by Crippen LogP contribution is -2.72. The molecule has 1 aromatic rings. The van der Waals surface area contributed by atoms with E-state index in [2.05, 4.69) is 19.2 Å². The first-order valence-corrected chi connectivity index (χ1v) is 11.2. The molecule has 4 fully saturated rings. The Kier molecular flexibility index (Phi) is 5.48. The quantitative estimate of drug-likeness (QED) is 0.749.